The maximum absolute atomic E-state index is 11.5. The zero-order chi connectivity index (χ0) is 14.5. The lowest BCUT2D eigenvalue weighted by atomic mass is 9.92. The summed E-state index contributed by atoms with van der Waals surface area (Å²) in [6.45, 7) is 0.292. The molecule has 5 heteroatoms. The van der Waals surface area contributed by atoms with E-state index in [1.54, 1.807) is 0 Å². The maximum atomic E-state index is 11.5. The van der Waals surface area contributed by atoms with Gasteiger partial charge in [-0.15, -0.1) is 0 Å². The van der Waals surface area contributed by atoms with E-state index in [0.717, 1.165) is 5.56 Å². The summed E-state index contributed by atoms with van der Waals surface area (Å²) in [4.78, 5) is 11.5. The molecule has 1 aliphatic rings. The summed E-state index contributed by atoms with van der Waals surface area (Å²) in [5, 5.41) is 19.7. The van der Waals surface area contributed by atoms with Crippen molar-refractivity contribution < 1.29 is 24.5 Å². The first-order valence-corrected chi connectivity index (χ1v) is 6.42. The molecule has 0 unspecified atom stereocenters. The molecule has 20 heavy (non-hydrogen) atoms. The van der Waals surface area contributed by atoms with E-state index in [1.807, 2.05) is 30.3 Å². The predicted molar refractivity (Wildman–Crippen MR) is 71.7 cm³/mol. The molecule has 2 N–H and O–H groups in total. The second-order valence-electron chi connectivity index (χ2n) is 4.71. The summed E-state index contributed by atoms with van der Waals surface area (Å²) < 4.78 is 10.2. The van der Waals surface area contributed by atoms with E-state index in [0.29, 0.717) is 12.2 Å². The lowest BCUT2D eigenvalue weighted by Crippen LogP contribution is -2.42. The zero-order valence-corrected chi connectivity index (χ0v) is 11.2. The average Bonchev–Trinajstić information content (AvgIpc) is 2.48. The Balaban J connectivity index is 2.06. The van der Waals surface area contributed by atoms with E-state index in [4.69, 9.17) is 4.74 Å². The van der Waals surface area contributed by atoms with E-state index in [9.17, 15) is 15.0 Å². The topological polar surface area (TPSA) is 76.0 Å². The summed E-state index contributed by atoms with van der Waals surface area (Å²) in [6, 6.07) is 9.48. The number of benzene rings is 1. The minimum atomic E-state index is -1.05. The molecule has 0 aliphatic heterocycles. The number of carbonyl (C=O) groups excluding carboxylic acids is 1. The van der Waals surface area contributed by atoms with Crippen molar-refractivity contribution in [2.24, 2.45) is 0 Å². The van der Waals surface area contributed by atoms with Crippen molar-refractivity contribution in [2.75, 3.05) is 7.11 Å². The van der Waals surface area contributed by atoms with E-state index in [2.05, 4.69) is 4.74 Å². The van der Waals surface area contributed by atoms with Gasteiger partial charge in [-0.05, 0) is 11.6 Å². The van der Waals surface area contributed by atoms with Crippen molar-refractivity contribution in [1.29, 1.82) is 0 Å². The first-order valence-electron chi connectivity index (χ1n) is 6.42. The monoisotopic (exact) mass is 278 g/mol. The Morgan fingerprint density at radius 3 is 2.65 bits per heavy atom. The van der Waals surface area contributed by atoms with Gasteiger partial charge in [0, 0.05) is 12.0 Å². The number of hydrogen-bond donors (Lipinski definition) is 2. The maximum Gasteiger partial charge on any atom is 0.333 e. The molecule has 0 saturated carbocycles. The van der Waals surface area contributed by atoms with Crippen LogP contribution >= 0.6 is 0 Å². The molecule has 0 spiro atoms. The fourth-order valence-corrected chi connectivity index (χ4v) is 2.13. The van der Waals surface area contributed by atoms with Gasteiger partial charge < -0.3 is 19.7 Å². The second-order valence-corrected chi connectivity index (χ2v) is 4.71. The minimum absolute atomic E-state index is 0.0685. The molecule has 0 heterocycles. The van der Waals surface area contributed by atoms with Crippen molar-refractivity contribution in [3.8, 4) is 0 Å². The first-order chi connectivity index (χ1) is 9.61. The summed E-state index contributed by atoms with van der Waals surface area (Å²) in [6.07, 6.45) is -1.22. The quantitative estimate of drug-likeness (QED) is 0.797. The van der Waals surface area contributed by atoms with E-state index >= 15 is 0 Å². The third-order valence-electron chi connectivity index (χ3n) is 3.26. The molecule has 1 aromatic carbocycles. The van der Waals surface area contributed by atoms with Crippen molar-refractivity contribution in [3.05, 3.63) is 47.5 Å². The number of methoxy groups -OCH3 is 1. The van der Waals surface area contributed by atoms with Crippen LogP contribution in [-0.4, -0.2) is 41.6 Å². The van der Waals surface area contributed by atoms with E-state index in [1.165, 1.54) is 13.2 Å². The summed E-state index contributed by atoms with van der Waals surface area (Å²) >= 11 is 0. The van der Waals surface area contributed by atoms with Crippen LogP contribution in [0.25, 0.3) is 0 Å². The van der Waals surface area contributed by atoms with Crippen molar-refractivity contribution in [1.82, 2.24) is 0 Å². The van der Waals surface area contributed by atoms with Gasteiger partial charge in [-0.1, -0.05) is 30.3 Å². The number of hydrogen-bond acceptors (Lipinski definition) is 5. The van der Waals surface area contributed by atoms with Crippen molar-refractivity contribution >= 4 is 5.97 Å². The third-order valence-corrected chi connectivity index (χ3v) is 3.26. The highest BCUT2D eigenvalue weighted by molar-refractivity contribution is 5.88. The van der Waals surface area contributed by atoms with Gasteiger partial charge >= 0.3 is 5.97 Å². The minimum Gasteiger partial charge on any atom is -0.466 e. The molecule has 3 atom stereocenters. The third kappa shape index (κ3) is 3.45. The first kappa shape index (κ1) is 14.7. The van der Waals surface area contributed by atoms with Crippen LogP contribution in [-0.2, 0) is 20.9 Å². The largest absolute Gasteiger partial charge is 0.466 e. The van der Waals surface area contributed by atoms with Gasteiger partial charge in [-0.25, -0.2) is 4.79 Å². The Labute approximate surface area is 117 Å². The number of aliphatic hydroxyl groups excluding tert-OH is 2. The van der Waals surface area contributed by atoms with Crippen LogP contribution in [0, 0.1) is 0 Å². The predicted octanol–water partition coefficient (Wildman–Crippen LogP) is 0.797. The molecule has 0 amide bonds. The van der Waals surface area contributed by atoms with Crippen LogP contribution in [0.3, 0.4) is 0 Å². The number of carbonyl (C=O) groups is 1. The molecule has 0 saturated heterocycles. The fourth-order valence-electron chi connectivity index (χ4n) is 2.13. The van der Waals surface area contributed by atoms with Crippen LogP contribution in [0.5, 0.6) is 0 Å². The van der Waals surface area contributed by atoms with Gasteiger partial charge in [-0.3, -0.25) is 0 Å². The summed E-state index contributed by atoms with van der Waals surface area (Å²) in [7, 11) is 1.28. The molecule has 0 bridgehead atoms. The van der Waals surface area contributed by atoms with Crippen LogP contribution < -0.4 is 0 Å². The molecular formula is C15H18O5. The smallest absolute Gasteiger partial charge is 0.333 e. The summed E-state index contributed by atoms with van der Waals surface area (Å²) in [5.41, 5.74) is 1.27. The van der Waals surface area contributed by atoms with Crippen molar-refractivity contribution in [3.63, 3.8) is 0 Å². The lowest BCUT2D eigenvalue weighted by Gasteiger charge is -2.30. The SMILES string of the molecule is COC(=O)C1=C[C@H](OCc2ccccc2)[C@@H](O)[C@H](O)C1. The fraction of sp³-hybridized carbons (Fsp3) is 0.400. The standard InChI is InChI=1S/C15H18O5/c1-19-15(18)11-7-12(16)14(17)13(8-11)20-9-10-5-3-2-4-6-10/h2-6,8,12-14,16-17H,7,9H2,1H3/t12-,13+,14+/m1/s1. The number of rotatable bonds is 4. The number of aliphatic hydroxyl groups is 2. The molecule has 2 rings (SSSR count). The Kier molecular flexibility index (Phi) is 4.89. The molecule has 0 aromatic heterocycles. The molecule has 0 fully saturated rings. The van der Waals surface area contributed by atoms with Crippen LogP contribution in [0.2, 0.25) is 0 Å². The Morgan fingerprint density at radius 1 is 1.30 bits per heavy atom. The molecule has 1 aromatic rings. The average molecular weight is 278 g/mol. The van der Waals surface area contributed by atoms with E-state index in [-0.39, 0.29) is 6.42 Å². The molecule has 1 aliphatic carbocycles. The Morgan fingerprint density at radius 2 is 2.00 bits per heavy atom. The van der Waals surface area contributed by atoms with Gasteiger partial charge in [0.1, 0.15) is 12.2 Å². The van der Waals surface area contributed by atoms with Gasteiger partial charge in [0.05, 0.1) is 19.8 Å². The van der Waals surface area contributed by atoms with E-state index < -0.39 is 24.3 Å². The number of ether oxygens (including phenoxy) is 2. The number of esters is 1. The zero-order valence-electron chi connectivity index (χ0n) is 11.2. The highest BCUT2D eigenvalue weighted by atomic mass is 16.5. The highest BCUT2D eigenvalue weighted by Crippen LogP contribution is 2.23. The van der Waals surface area contributed by atoms with Crippen LogP contribution in [0.15, 0.2) is 42.0 Å². The molecule has 0 radical (unpaired) electrons. The summed E-state index contributed by atoms with van der Waals surface area (Å²) in [5.74, 6) is -0.510. The van der Waals surface area contributed by atoms with Crippen molar-refractivity contribution in [2.45, 2.75) is 31.3 Å². The highest BCUT2D eigenvalue weighted by Gasteiger charge is 2.33. The molecule has 5 nitrogen and oxygen atoms in total. The normalized spacial score (nSPS) is 25.9. The van der Waals surface area contributed by atoms with Gasteiger partial charge in [-0.2, -0.15) is 0 Å². The molecular weight excluding hydrogens is 260 g/mol. The lowest BCUT2D eigenvalue weighted by molar-refractivity contribution is -0.138. The molecule has 108 valence electrons. The Bertz CT molecular complexity index is 482. The van der Waals surface area contributed by atoms with Crippen LogP contribution in [0.1, 0.15) is 12.0 Å². The van der Waals surface area contributed by atoms with Crippen LogP contribution in [0.4, 0.5) is 0 Å². The Hall–Kier alpha value is -1.69. The second kappa shape index (κ2) is 6.65. The van der Waals surface area contributed by atoms with Gasteiger partial charge in [0.15, 0.2) is 0 Å². The van der Waals surface area contributed by atoms with Gasteiger partial charge in [0.2, 0.25) is 0 Å². The van der Waals surface area contributed by atoms with Gasteiger partial charge in [0.25, 0.3) is 0 Å².